The van der Waals surface area contributed by atoms with Crippen molar-refractivity contribution in [2.24, 2.45) is 0 Å². The van der Waals surface area contributed by atoms with Gasteiger partial charge in [-0.05, 0) is 18.9 Å². The molecule has 0 radical (unpaired) electrons. The van der Waals surface area contributed by atoms with E-state index in [-0.39, 0.29) is 12.1 Å². The normalized spacial score (nSPS) is 18.0. The molecule has 1 nitrogen and oxygen atoms in total. The number of nitrogens with one attached hydrogen (secondary N) is 1. The number of halogens is 2. The van der Waals surface area contributed by atoms with Crippen molar-refractivity contribution < 1.29 is 8.78 Å². The van der Waals surface area contributed by atoms with Crippen LogP contribution in [0.1, 0.15) is 12.8 Å². The molecule has 0 aromatic rings. The maximum absolute atomic E-state index is 12.9. The molecule has 0 aliphatic heterocycles. The van der Waals surface area contributed by atoms with E-state index in [9.17, 15) is 8.78 Å². The Balaban J connectivity index is 2.55. The van der Waals surface area contributed by atoms with Gasteiger partial charge in [-0.15, -0.1) is 0 Å². The summed E-state index contributed by atoms with van der Waals surface area (Å²) in [6.07, 6.45) is 3.16. The lowest BCUT2D eigenvalue weighted by atomic mass is 10.2. The fourth-order valence-corrected chi connectivity index (χ4v) is 0.967. The number of rotatable bonds is 5. The Morgan fingerprint density at radius 2 is 2.08 bits per heavy atom. The molecular formula is C10H13F2N. The van der Waals surface area contributed by atoms with E-state index < -0.39 is 11.7 Å². The van der Waals surface area contributed by atoms with Gasteiger partial charge in [-0.25, -0.2) is 8.78 Å². The summed E-state index contributed by atoms with van der Waals surface area (Å²) in [5, 5.41) is 3.01. The zero-order chi connectivity index (χ0) is 9.84. The summed E-state index contributed by atoms with van der Waals surface area (Å²) >= 11 is 0. The Hall–Kier alpha value is -0.960. The van der Waals surface area contributed by atoms with Gasteiger partial charge in [0.15, 0.2) is 0 Å². The van der Waals surface area contributed by atoms with Gasteiger partial charge >= 0.3 is 0 Å². The lowest BCUT2D eigenvalue weighted by Gasteiger charge is -2.05. The maximum atomic E-state index is 12.9. The first-order valence-corrected chi connectivity index (χ1v) is 4.24. The summed E-state index contributed by atoms with van der Waals surface area (Å²) in [6, 6.07) is 0.423. The van der Waals surface area contributed by atoms with E-state index in [1.807, 2.05) is 0 Å². The quantitative estimate of drug-likeness (QED) is 0.649. The smallest absolute Gasteiger partial charge is 0.130 e. The van der Waals surface area contributed by atoms with Crippen LogP contribution in [0.15, 0.2) is 36.5 Å². The third-order valence-electron chi connectivity index (χ3n) is 1.94. The molecule has 13 heavy (non-hydrogen) atoms. The molecule has 1 aliphatic rings. The molecule has 1 aliphatic carbocycles. The first kappa shape index (κ1) is 10.1. The first-order valence-electron chi connectivity index (χ1n) is 4.24. The van der Waals surface area contributed by atoms with Crippen LogP contribution in [-0.4, -0.2) is 12.6 Å². The minimum Gasteiger partial charge on any atom is -0.310 e. The molecule has 0 bridgehead atoms. The van der Waals surface area contributed by atoms with Crippen LogP contribution in [0.3, 0.4) is 0 Å². The predicted octanol–water partition coefficient (Wildman–Crippen LogP) is 2.63. The van der Waals surface area contributed by atoms with E-state index in [2.05, 4.69) is 18.5 Å². The van der Waals surface area contributed by atoms with Gasteiger partial charge in [-0.3, -0.25) is 0 Å². The Labute approximate surface area is 76.8 Å². The fraction of sp³-hybridized carbons (Fsp3) is 0.400. The van der Waals surface area contributed by atoms with Crippen molar-refractivity contribution in [2.45, 2.75) is 18.9 Å². The molecule has 0 spiro atoms. The van der Waals surface area contributed by atoms with Crippen LogP contribution in [0.25, 0.3) is 0 Å². The second kappa shape index (κ2) is 4.33. The van der Waals surface area contributed by atoms with Crippen molar-refractivity contribution in [1.29, 1.82) is 0 Å². The number of allylic oxidation sites excluding steroid dienone is 2. The van der Waals surface area contributed by atoms with Crippen molar-refractivity contribution in [3.8, 4) is 0 Å². The van der Waals surface area contributed by atoms with E-state index in [1.54, 1.807) is 0 Å². The largest absolute Gasteiger partial charge is 0.310 e. The summed E-state index contributed by atoms with van der Waals surface area (Å²) < 4.78 is 25.6. The summed E-state index contributed by atoms with van der Waals surface area (Å²) in [4.78, 5) is 0. The summed E-state index contributed by atoms with van der Waals surface area (Å²) in [5.41, 5.74) is -0.0260. The highest BCUT2D eigenvalue weighted by Crippen LogP contribution is 2.21. The van der Waals surface area contributed by atoms with E-state index in [0.717, 1.165) is 18.9 Å². The highest BCUT2D eigenvalue weighted by molar-refractivity contribution is 5.32. The predicted molar refractivity (Wildman–Crippen MR) is 49.6 cm³/mol. The molecule has 1 saturated carbocycles. The van der Waals surface area contributed by atoms with Gasteiger partial charge < -0.3 is 5.32 Å². The van der Waals surface area contributed by atoms with Gasteiger partial charge in [0, 0.05) is 18.2 Å². The zero-order valence-corrected chi connectivity index (χ0v) is 7.45. The molecule has 0 atom stereocenters. The van der Waals surface area contributed by atoms with Crippen LogP contribution in [0.2, 0.25) is 0 Å². The molecule has 0 unspecified atom stereocenters. The van der Waals surface area contributed by atoms with Crippen molar-refractivity contribution in [1.82, 2.24) is 5.32 Å². The van der Waals surface area contributed by atoms with Crippen LogP contribution in [0, 0.1) is 0 Å². The lowest BCUT2D eigenvalue weighted by Crippen LogP contribution is -2.19. The third kappa shape index (κ3) is 3.11. The maximum Gasteiger partial charge on any atom is 0.130 e. The van der Waals surface area contributed by atoms with Crippen molar-refractivity contribution in [3.05, 3.63) is 36.5 Å². The van der Waals surface area contributed by atoms with E-state index in [0.29, 0.717) is 6.04 Å². The molecule has 1 N–H and O–H groups in total. The number of hydrogen-bond acceptors (Lipinski definition) is 1. The Bertz CT molecular complexity index is 252. The Morgan fingerprint density at radius 3 is 2.46 bits per heavy atom. The standard InChI is InChI=1S/C10H13F2N/c1-3-10(12)9(7(2)11)6-13-8-4-5-8/h3,8,13H,1-2,4-6H2/b10-9+. The highest BCUT2D eigenvalue weighted by atomic mass is 19.1. The summed E-state index contributed by atoms with van der Waals surface area (Å²) in [7, 11) is 0. The molecule has 0 amide bonds. The van der Waals surface area contributed by atoms with Crippen molar-refractivity contribution in [3.63, 3.8) is 0 Å². The highest BCUT2D eigenvalue weighted by Gasteiger charge is 2.21. The summed E-state index contributed by atoms with van der Waals surface area (Å²) in [5.74, 6) is -1.37. The van der Waals surface area contributed by atoms with Crippen LogP contribution in [0.4, 0.5) is 8.78 Å². The molecule has 72 valence electrons. The Kier molecular flexibility index (Phi) is 3.37. The monoisotopic (exact) mass is 185 g/mol. The average Bonchev–Trinajstić information content (AvgIpc) is 2.87. The van der Waals surface area contributed by atoms with Gasteiger partial charge in [-0.1, -0.05) is 13.2 Å². The summed E-state index contributed by atoms with van der Waals surface area (Å²) in [6.45, 7) is 6.50. The van der Waals surface area contributed by atoms with Gasteiger partial charge in [0.1, 0.15) is 11.7 Å². The van der Waals surface area contributed by atoms with E-state index >= 15 is 0 Å². The fourth-order valence-electron chi connectivity index (χ4n) is 0.967. The van der Waals surface area contributed by atoms with Crippen molar-refractivity contribution >= 4 is 0 Å². The van der Waals surface area contributed by atoms with Gasteiger partial charge in [0.05, 0.1) is 0 Å². The lowest BCUT2D eigenvalue weighted by molar-refractivity contribution is 0.588. The SMILES string of the molecule is C=C/C(F)=C(/CNC1CC1)C(=C)F. The van der Waals surface area contributed by atoms with Crippen LogP contribution >= 0.6 is 0 Å². The number of hydrogen-bond donors (Lipinski definition) is 1. The van der Waals surface area contributed by atoms with Gasteiger partial charge in [0.2, 0.25) is 0 Å². The third-order valence-corrected chi connectivity index (χ3v) is 1.94. The molecule has 0 aromatic heterocycles. The van der Waals surface area contributed by atoms with Gasteiger partial charge in [0.25, 0.3) is 0 Å². The molecule has 0 aromatic carbocycles. The topological polar surface area (TPSA) is 12.0 Å². The average molecular weight is 185 g/mol. The second-order valence-electron chi connectivity index (χ2n) is 3.09. The minimum absolute atomic E-state index is 0.0260. The Morgan fingerprint density at radius 1 is 1.46 bits per heavy atom. The van der Waals surface area contributed by atoms with Crippen LogP contribution in [-0.2, 0) is 0 Å². The molecule has 3 heteroatoms. The zero-order valence-electron chi connectivity index (χ0n) is 7.45. The second-order valence-corrected chi connectivity index (χ2v) is 3.09. The molecule has 0 saturated heterocycles. The van der Waals surface area contributed by atoms with E-state index in [1.165, 1.54) is 0 Å². The molecule has 0 heterocycles. The van der Waals surface area contributed by atoms with Crippen LogP contribution in [0.5, 0.6) is 0 Å². The minimum atomic E-state index is -0.731. The molecule has 1 fully saturated rings. The molecule has 1 rings (SSSR count). The first-order chi connectivity index (χ1) is 6.15. The van der Waals surface area contributed by atoms with Crippen LogP contribution < -0.4 is 5.32 Å². The van der Waals surface area contributed by atoms with E-state index in [4.69, 9.17) is 0 Å². The van der Waals surface area contributed by atoms with Crippen molar-refractivity contribution in [2.75, 3.05) is 6.54 Å². The molecular weight excluding hydrogens is 172 g/mol. The van der Waals surface area contributed by atoms with Gasteiger partial charge in [-0.2, -0.15) is 0 Å².